The first kappa shape index (κ1) is 31.5. The Bertz CT molecular complexity index is 1790. The van der Waals surface area contributed by atoms with Crippen LogP contribution in [0.15, 0.2) is 59.5 Å². The van der Waals surface area contributed by atoms with Crippen molar-refractivity contribution in [3.63, 3.8) is 0 Å². The van der Waals surface area contributed by atoms with Crippen LogP contribution in [0.3, 0.4) is 0 Å². The molecular weight excluding hydrogens is 600 g/mol. The monoisotopic (exact) mass is 640 g/mol. The van der Waals surface area contributed by atoms with E-state index >= 15 is 0 Å². The highest BCUT2D eigenvalue weighted by Crippen LogP contribution is 2.35. The molecule has 2 aliphatic rings. The van der Waals surface area contributed by atoms with E-state index in [1.165, 1.54) is 34.3 Å². The molecule has 11 heteroatoms. The second kappa shape index (κ2) is 13.5. The number of fused-ring (bicyclic) bond motifs is 1. The van der Waals surface area contributed by atoms with Gasteiger partial charge in [0.25, 0.3) is 5.56 Å². The summed E-state index contributed by atoms with van der Waals surface area (Å²) in [4.78, 5) is 48.9. The largest absolute Gasteiger partial charge is 0.417 e. The highest BCUT2D eigenvalue weighted by atomic mass is 32.1. The molecule has 2 aromatic carbocycles. The Labute approximate surface area is 273 Å². The zero-order valence-electron chi connectivity index (χ0n) is 26.8. The molecule has 2 amide bonds. The molecule has 0 spiro atoms. The lowest BCUT2D eigenvalue weighted by Gasteiger charge is -2.38. The van der Waals surface area contributed by atoms with E-state index in [9.17, 15) is 14.4 Å². The number of nitrogens with zero attached hydrogens (tertiary/aromatic N) is 4. The Balaban J connectivity index is 1.19. The van der Waals surface area contributed by atoms with Crippen molar-refractivity contribution in [2.45, 2.75) is 52.0 Å². The Hall–Kier alpha value is -4.48. The molecule has 4 aromatic rings. The first-order chi connectivity index (χ1) is 22.2. The number of amides is 2. The van der Waals surface area contributed by atoms with Crippen LogP contribution in [0.5, 0.6) is 5.06 Å². The van der Waals surface area contributed by atoms with Gasteiger partial charge in [-0.2, -0.15) is 0 Å². The standard InChI is InChI=1S/C35H40N6O4S/c1-5-41-19-18-39(3)33(42)31(41)23-14-16-25(17-15-23)36-32-34(43)40(4)21-28(37-32)26-11-9-12-27(22(26)2)38-35(44)45-30-20-24-10-7-6-8-13-29(24)46-30/h9,11-12,14-17,20-21,31H,5-8,10,13,18-19H2,1-4H3,(H,36,37)(H,38,44). The number of carbonyl (C=O) groups is 2. The minimum atomic E-state index is -0.542. The molecule has 6 rings (SSSR count). The van der Waals surface area contributed by atoms with Crippen LogP contribution in [0.1, 0.15) is 53.8 Å². The Morgan fingerprint density at radius 3 is 2.61 bits per heavy atom. The third kappa shape index (κ3) is 6.56. The summed E-state index contributed by atoms with van der Waals surface area (Å²) < 4.78 is 7.17. The fraction of sp³-hybridized carbons (Fsp3) is 0.371. The van der Waals surface area contributed by atoms with Crippen LogP contribution in [0.2, 0.25) is 0 Å². The smallest absolute Gasteiger partial charge is 0.399 e. The van der Waals surface area contributed by atoms with Gasteiger partial charge in [0.15, 0.2) is 10.9 Å². The number of nitrogens with one attached hydrogen (secondary N) is 2. The number of hydrogen-bond donors (Lipinski definition) is 2. The van der Waals surface area contributed by atoms with Gasteiger partial charge in [-0.1, -0.05) is 37.6 Å². The first-order valence-corrected chi connectivity index (χ1v) is 16.7. The molecular formula is C35H40N6O4S. The average Bonchev–Trinajstić information content (AvgIpc) is 3.29. The molecule has 240 valence electrons. The normalized spacial score (nSPS) is 16.9. The number of benzene rings is 2. The van der Waals surface area contributed by atoms with E-state index < -0.39 is 6.09 Å². The zero-order valence-corrected chi connectivity index (χ0v) is 27.6. The number of ether oxygens (including phenoxy) is 1. The van der Waals surface area contributed by atoms with Crippen molar-refractivity contribution >= 4 is 40.5 Å². The summed E-state index contributed by atoms with van der Waals surface area (Å²) in [6.45, 7) is 6.29. The van der Waals surface area contributed by atoms with E-state index in [0.717, 1.165) is 42.6 Å². The number of thiophene rings is 1. The number of aromatic nitrogens is 2. The second-order valence-corrected chi connectivity index (χ2v) is 13.1. The molecule has 1 aliphatic heterocycles. The van der Waals surface area contributed by atoms with Crippen molar-refractivity contribution in [2.75, 3.05) is 37.3 Å². The van der Waals surface area contributed by atoms with Gasteiger partial charge in [-0.05, 0) is 80.1 Å². The van der Waals surface area contributed by atoms with Crippen LogP contribution >= 0.6 is 11.3 Å². The van der Waals surface area contributed by atoms with Crippen molar-refractivity contribution in [1.29, 1.82) is 0 Å². The Morgan fingerprint density at radius 2 is 1.83 bits per heavy atom. The number of likely N-dealkylation sites (N-methyl/N-ethyl adjacent to an activating group) is 2. The summed E-state index contributed by atoms with van der Waals surface area (Å²) in [6.07, 6.45) is 6.79. The maximum atomic E-state index is 13.1. The number of carbonyl (C=O) groups excluding carboxylic acids is 2. The SMILES string of the molecule is CCN1CCN(C)C(=O)C1c1ccc(Nc2nc(-c3cccc(NC(=O)Oc4cc5c(s4)CCCCC5)c3C)cn(C)c2=O)cc1. The lowest BCUT2D eigenvalue weighted by molar-refractivity contribution is -0.140. The fourth-order valence-corrected chi connectivity index (χ4v) is 7.35. The lowest BCUT2D eigenvalue weighted by atomic mass is 10.0. The van der Waals surface area contributed by atoms with Crippen molar-refractivity contribution < 1.29 is 14.3 Å². The van der Waals surface area contributed by atoms with E-state index in [1.807, 2.05) is 62.5 Å². The summed E-state index contributed by atoms with van der Waals surface area (Å²) >= 11 is 1.55. The molecule has 1 atom stereocenters. The molecule has 1 aliphatic carbocycles. The van der Waals surface area contributed by atoms with Gasteiger partial charge in [-0.3, -0.25) is 19.8 Å². The summed E-state index contributed by atoms with van der Waals surface area (Å²) in [6, 6.07) is 14.8. The predicted molar refractivity (Wildman–Crippen MR) is 182 cm³/mol. The summed E-state index contributed by atoms with van der Waals surface area (Å²) in [5.74, 6) is 0.254. The summed E-state index contributed by atoms with van der Waals surface area (Å²) in [7, 11) is 3.52. The molecule has 0 radical (unpaired) electrons. The topological polar surface area (TPSA) is 109 Å². The predicted octanol–water partition coefficient (Wildman–Crippen LogP) is 6.28. The van der Waals surface area contributed by atoms with Crippen molar-refractivity contribution in [1.82, 2.24) is 19.4 Å². The number of rotatable bonds is 7. The molecule has 1 saturated heterocycles. The first-order valence-electron chi connectivity index (χ1n) is 15.9. The maximum Gasteiger partial charge on any atom is 0.417 e. The molecule has 3 heterocycles. The molecule has 2 N–H and O–H groups in total. The summed E-state index contributed by atoms with van der Waals surface area (Å²) in [5, 5.41) is 6.68. The maximum absolute atomic E-state index is 13.1. The van der Waals surface area contributed by atoms with Gasteiger partial charge in [-0.15, -0.1) is 11.3 Å². The number of piperazine rings is 1. The molecule has 46 heavy (non-hydrogen) atoms. The Kier molecular flexibility index (Phi) is 9.23. The van der Waals surface area contributed by atoms with Gasteiger partial charge in [0, 0.05) is 55.2 Å². The molecule has 0 bridgehead atoms. The molecule has 2 aromatic heterocycles. The number of anilines is 3. The van der Waals surface area contributed by atoms with Gasteiger partial charge < -0.3 is 19.5 Å². The second-order valence-electron chi connectivity index (χ2n) is 12.0. The van der Waals surface area contributed by atoms with Crippen LogP contribution in [0.25, 0.3) is 11.3 Å². The average molecular weight is 641 g/mol. The van der Waals surface area contributed by atoms with E-state index in [2.05, 4.69) is 22.5 Å². The van der Waals surface area contributed by atoms with Gasteiger partial charge in [-0.25, -0.2) is 9.78 Å². The van der Waals surface area contributed by atoms with Gasteiger partial charge >= 0.3 is 6.09 Å². The quantitative estimate of drug-likeness (QED) is 0.229. The third-order valence-corrected chi connectivity index (χ3v) is 10.0. The molecule has 10 nitrogen and oxygen atoms in total. The van der Waals surface area contributed by atoms with Crippen LogP contribution in [-0.2, 0) is 24.7 Å². The zero-order chi connectivity index (χ0) is 32.4. The molecule has 1 unspecified atom stereocenters. The van der Waals surface area contributed by atoms with Crippen LogP contribution in [-0.4, -0.2) is 58.0 Å². The van der Waals surface area contributed by atoms with Crippen LogP contribution < -0.4 is 20.9 Å². The van der Waals surface area contributed by atoms with Crippen LogP contribution in [0.4, 0.5) is 22.0 Å². The number of aryl methyl sites for hydroxylation is 3. The van der Waals surface area contributed by atoms with Crippen molar-refractivity contribution in [3.8, 4) is 16.3 Å². The van der Waals surface area contributed by atoms with Crippen molar-refractivity contribution in [3.05, 3.63) is 86.6 Å². The lowest BCUT2D eigenvalue weighted by Crippen LogP contribution is -2.50. The highest BCUT2D eigenvalue weighted by molar-refractivity contribution is 7.14. The fourth-order valence-electron chi connectivity index (χ4n) is 6.25. The van der Waals surface area contributed by atoms with Gasteiger partial charge in [0.2, 0.25) is 5.91 Å². The highest BCUT2D eigenvalue weighted by Gasteiger charge is 2.33. The van der Waals surface area contributed by atoms with Crippen molar-refractivity contribution in [2.24, 2.45) is 7.05 Å². The van der Waals surface area contributed by atoms with E-state index in [0.29, 0.717) is 28.7 Å². The Morgan fingerprint density at radius 1 is 1.04 bits per heavy atom. The summed E-state index contributed by atoms with van der Waals surface area (Å²) in [5.41, 5.74) is 5.35. The molecule has 1 fully saturated rings. The minimum absolute atomic E-state index is 0.0815. The number of hydrogen-bond acceptors (Lipinski definition) is 8. The van der Waals surface area contributed by atoms with Gasteiger partial charge in [0.1, 0.15) is 6.04 Å². The molecule has 0 saturated carbocycles. The van der Waals surface area contributed by atoms with Crippen LogP contribution in [0, 0.1) is 6.92 Å². The third-order valence-electron chi connectivity index (χ3n) is 8.93. The van der Waals surface area contributed by atoms with E-state index in [4.69, 9.17) is 9.72 Å². The van der Waals surface area contributed by atoms with E-state index in [1.54, 1.807) is 29.5 Å². The van der Waals surface area contributed by atoms with E-state index in [-0.39, 0.29) is 23.3 Å². The van der Waals surface area contributed by atoms with Gasteiger partial charge in [0.05, 0.1) is 5.69 Å². The minimum Gasteiger partial charge on any atom is -0.399 e.